The van der Waals surface area contributed by atoms with Crippen molar-refractivity contribution in [3.8, 4) is 0 Å². The van der Waals surface area contributed by atoms with Crippen molar-refractivity contribution in [1.82, 2.24) is 15.1 Å². The zero-order valence-corrected chi connectivity index (χ0v) is 13.5. The lowest BCUT2D eigenvalue weighted by Gasteiger charge is -2.55. The molecule has 0 aliphatic heterocycles. The van der Waals surface area contributed by atoms with Gasteiger partial charge in [-0.25, -0.2) is 0 Å². The lowest BCUT2D eigenvalue weighted by atomic mass is 9.49. The number of halogens is 3. The first-order chi connectivity index (χ1) is 11.3. The van der Waals surface area contributed by atoms with Crippen LogP contribution in [0.5, 0.6) is 0 Å². The van der Waals surface area contributed by atoms with Gasteiger partial charge in [0.05, 0.1) is 6.54 Å². The van der Waals surface area contributed by atoms with E-state index in [1.807, 2.05) is 0 Å². The van der Waals surface area contributed by atoms with Crippen LogP contribution in [-0.2, 0) is 17.5 Å². The summed E-state index contributed by atoms with van der Waals surface area (Å²) in [6, 6.07) is 0.959. The molecule has 1 N–H and O–H groups in total. The van der Waals surface area contributed by atoms with E-state index in [0.717, 1.165) is 25.3 Å². The number of amides is 1. The maximum absolute atomic E-state index is 12.7. The van der Waals surface area contributed by atoms with E-state index in [9.17, 15) is 18.0 Å². The molecule has 1 aromatic rings. The van der Waals surface area contributed by atoms with Crippen molar-refractivity contribution in [2.45, 2.75) is 51.2 Å². The molecule has 0 spiro atoms. The molecule has 7 heteroatoms. The molecule has 0 saturated heterocycles. The van der Waals surface area contributed by atoms with E-state index in [0.29, 0.717) is 24.3 Å². The molecule has 0 unspecified atom stereocenters. The van der Waals surface area contributed by atoms with Gasteiger partial charge in [0, 0.05) is 18.2 Å². The second kappa shape index (κ2) is 5.49. The van der Waals surface area contributed by atoms with Crippen molar-refractivity contribution in [3.63, 3.8) is 0 Å². The van der Waals surface area contributed by atoms with E-state index in [1.165, 1.54) is 30.1 Å². The number of carbonyl (C=O) groups excluding carboxylic acids is 1. The van der Waals surface area contributed by atoms with E-state index in [1.54, 1.807) is 0 Å². The molecule has 0 atom stereocenters. The van der Waals surface area contributed by atoms with Crippen LogP contribution in [0.25, 0.3) is 0 Å². The lowest BCUT2D eigenvalue weighted by Crippen LogP contribution is -2.53. The Hall–Kier alpha value is -1.53. The van der Waals surface area contributed by atoms with Crippen LogP contribution < -0.4 is 5.32 Å². The van der Waals surface area contributed by atoms with Crippen LogP contribution in [0.15, 0.2) is 12.3 Å². The third kappa shape index (κ3) is 2.82. The molecule has 4 bridgehead atoms. The van der Waals surface area contributed by atoms with Crippen molar-refractivity contribution in [1.29, 1.82) is 0 Å². The zero-order valence-electron chi connectivity index (χ0n) is 13.5. The molecule has 132 valence electrons. The van der Waals surface area contributed by atoms with Crippen molar-refractivity contribution in [3.05, 3.63) is 18.0 Å². The number of carbonyl (C=O) groups is 1. The number of hydrogen-bond donors (Lipinski definition) is 1. The summed E-state index contributed by atoms with van der Waals surface area (Å²) in [5, 5.41) is 6.47. The zero-order chi connectivity index (χ0) is 16.9. The highest BCUT2D eigenvalue weighted by Crippen LogP contribution is 2.60. The first kappa shape index (κ1) is 16.0. The molecule has 0 radical (unpaired) electrons. The fourth-order valence-electron chi connectivity index (χ4n) is 5.50. The largest absolute Gasteiger partial charge is 0.435 e. The predicted octanol–water partition coefficient (Wildman–Crippen LogP) is 3.23. The van der Waals surface area contributed by atoms with Gasteiger partial charge >= 0.3 is 6.18 Å². The Kier molecular flexibility index (Phi) is 3.65. The molecule has 4 nitrogen and oxygen atoms in total. The molecular formula is C17H22F3N3O. The van der Waals surface area contributed by atoms with Crippen molar-refractivity contribution in [2.24, 2.45) is 23.2 Å². The molecule has 1 aromatic heterocycles. The fourth-order valence-corrected chi connectivity index (χ4v) is 5.50. The summed E-state index contributed by atoms with van der Waals surface area (Å²) >= 11 is 0. The number of nitrogens with one attached hydrogen (secondary N) is 1. The van der Waals surface area contributed by atoms with Gasteiger partial charge in [0.25, 0.3) is 0 Å². The Bertz CT molecular complexity index is 602. The monoisotopic (exact) mass is 341 g/mol. The van der Waals surface area contributed by atoms with Gasteiger partial charge in [-0.15, -0.1) is 0 Å². The highest BCUT2D eigenvalue weighted by atomic mass is 19.4. The Balaban J connectivity index is 1.33. The summed E-state index contributed by atoms with van der Waals surface area (Å²) in [7, 11) is 0. The lowest BCUT2D eigenvalue weighted by molar-refractivity contribution is -0.146. The van der Waals surface area contributed by atoms with Gasteiger partial charge in [0.2, 0.25) is 5.91 Å². The summed E-state index contributed by atoms with van der Waals surface area (Å²) in [6.07, 6.45) is 3.69. The molecule has 1 amide bonds. The number of hydrogen-bond acceptors (Lipinski definition) is 2. The van der Waals surface area contributed by atoms with E-state index in [2.05, 4.69) is 10.4 Å². The van der Waals surface area contributed by atoms with E-state index in [-0.39, 0.29) is 17.9 Å². The quantitative estimate of drug-likeness (QED) is 0.914. The predicted molar refractivity (Wildman–Crippen MR) is 80.8 cm³/mol. The standard InChI is InChI=1S/C17H22F3N3O/c18-17(19,20)14-1-3-23(22-14)4-2-21-15(24)16-8-11-5-12(9-16)7-13(6-11)10-16/h1,3,11-13H,2,4-10H2,(H,21,24). The van der Waals surface area contributed by atoms with E-state index < -0.39 is 11.9 Å². The smallest absolute Gasteiger partial charge is 0.354 e. The SMILES string of the molecule is O=C(NCCn1ccc(C(F)(F)F)n1)C12CC3CC(CC(C3)C1)C2. The minimum Gasteiger partial charge on any atom is -0.354 e. The van der Waals surface area contributed by atoms with Gasteiger partial charge in [-0.2, -0.15) is 18.3 Å². The average molecular weight is 341 g/mol. The Morgan fingerprint density at radius 1 is 1.21 bits per heavy atom. The highest BCUT2D eigenvalue weighted by Gasteiger charge is 2.54. The fraction of sp³-hybridized carbons (Fsp3) is 0.765. The number of rotatable bonds is 4. The third-order valence-electron chi connectivity index (χ3n) is 6.08. The Morgan fingerprint density at radius 2 is 1.79 bits per heavy atom. The molecule has 1 heterocycles. The summed E-state index contributed by atoms with van der Waals surface area (Å²) in [5.74, 6) is 2.19. The van der Waals surface area contributed by atoms with Gasteiger partial charge in [-0.1, -0.05) is 0 Å². The number of alkyl halides is 3. The molecular weight excluding hydrogens is 319 g/mol. The second-order valence-electron chi connectivity index (χ2n) is 7.92. The summed E-state index contributed by atoms with van der Waals surface area (Å²) in [4.78, 5) is 12.7. The summed E-state index contributed by atoms with van der Waals surface area (Å²) in [5.41, 5.74) is -1.11. The molecule has 4 aliphatic rings. The van der Waals surface area contributed by atoms with E-state index in [4.69, 9.17) is 0 Å². The van der Waals surface area contributed by atoms with Gasteiger partial charge < -0.3 is 5.32 Å². The van der Waals surface area contributed by atoms with Crippen LogP contribution in [0, 0.1) is 23.2 Å². The van der Waals surface area contributed by atoms with Crippen LogP contribution in [0.1, 0.15) is 44.2 Å². The Labute approximate surface area is 138 Å². The molecule has 4 aliphatic carbocycles. The van der Waals surface area contributed by atoms with Gasteiger partial charge in [-0.05, 0) is 62.3 Å². The van der Waals surface area contributed by atoms with Crippen molar-refractivity contribution >= 4 is 5.91 Å². The highest BCUT2D eigenvalue weighted by molar-refractivity contribution is 5.83. The van der Waals surface area contributed by atoms with Crippen molar-refractivity contribution in [2.75, 3.05) is 6.54 Å². The van der Waals surface area contributed by atoms with Crippen LogP contribution in [0.3, 0.4) is 0 Å². The normalized spacial score (nSPS) is 34.5. The summed E-state index contributed by atoms with van der Waals surface area (Å²) < 4.78 is 38.8. The molecule has 4 fully saturated rings. The van der Waals surface area contributed by atoms with Crippen molar-refractivity contribution < 1.29 is 18.0 Å². The average Bonchev–Trinajstić information content (AvgIpc) is 2.94. The maximum atomic E-state index is 12.7. The van der Waals surface area contributed by atoms with Crippen LogP contribution in [0.2, 0.25) is 0 Å². The number of nitrogens with zero attached hydrogens (tertiary/aromatic N) is 2. The maximum Gasteiger partial charge on any atom is 0.435 e. The van der Waals surface area contributed by atoms with Gasteiger partial charge in [-0.3, -0.25) is 9.48 Å². The molecule has 0 aromatic carbocycles. The Morgan fingerprint density at radius 3 is 2.29 bits per heavy atom. The van der Waals surface area contributed by atoms with Crippen LogP contribution in [-0.4, -0.2) is 22.2 Å². The topological polar surface area (TPSA) is 46.9 Å². The minimum atomic E-state index is -4.42. The third-order valence-corrected chi connectivity index (χ3v) is 6.08. The molecule has 24 heavy (non-hydrogen) atoms. The molecule has 4 saturated carbocycles. The van der Waals surface area contributed by atoms with E-state index >= 15 is 0 Å². The first-order valence-electron chi connectivity index (χ1n) is 8.73. The van der Waals surface area contributed by atoms with Crippen LogP contribution in [0.4, 0.5) is 13.2 Å². The minimum absolute atomic E-state index is 0.102. The first-order valence-corrected chi connectivity index (χ1v) is 8.73. The second-order valence-corrected chi connectivity index (χ2v) is 7.92. The van der Waals surface area contributed by atoms with Gasteiger partial charge in [0.15, 0.2) is 5.69 Å². The van der Waals surface area contributed by atoms with Crippen LogP contribution >= 0.6 is 0 Å². The summed E-state index contributed by atoms with van der Waals surface area (Å²) in [6.45, 7) is 0.577. The molecule has 5 rings (SSSR count). The number of aromatic nitrogens is 2. The van der Waals surface area contributed by atoms with Gasteiger partial charge in [0.1, 0.15) is 0 Å².